The molecule has 0 aliphatic heterocycles. The van der Waals surface area contributed by atoms with Gasteiger partial charge in [-0.2, -0.15) is 5.10 Å². The molecule has 0 atom stereocenters. The van der Waals surface area contributed by atoms with Gasteiger partial charge in [-0.05, 0) is 34.5 Å². The molecule has 0 aromatic carbocycles. The minimum Gasteiger partial charge on any atom is -0.358 e. The minimum absolute atomic E-state index is 0.121. The fourth-order valence-electron chi connectivity index (χ4n) is 1.51. The highest BCUT2D eigenvalue weighted by molar-refractivity contribution is 9.11. The van der Waals surface area contributed by atoms with Gasteiger partial charge < -0.3 is 10.6 Å². The van der Waals surface area contributed by atoms with Gasteiger partial charge in [-0.25, -0.2) is 0 Å². The van der Waals surface area contributed by atoms with Gasteiger partial charge in [0.25, 0.3) is 5.91 Å². The van der Waals surface area contributed by atoms with E-state index in [0.717, 1.165) is 9.35 Å². The van der Waals surface area contributed by atoms with Crippen LogP contribution in [0, 0.1) is 6.92 Å². The first kappa shape index (κ1) is 14.7. The van der Waals surface area contributed by atoms with E-state index in [1.54, 1.807) is 13.2 Å². The quantitative estimate of drug-likeness (QED) is 0.879. The summed E-state index contributed by atoms with van der Waals surface area (Å²) in [7, 11) is 1.56. The molecule has 2 rings (SSSR count). The molecule has 0 saturated carbocycles. The van der Waals surface area contributed by atoms with Crippen molar-refractivity contribution in [1.29, 1.82) is 0 Å². The fourth-order valence-corrected chi connectivity index (χ4v) is 2.94. The summed E-state index contributed by atoms with van der Waals surface area (Å²) in [6.07, 6.45) is 3.12. The number of aromatic nitrogens is 2. The van der Waals surface area contributed by atoms with Crippen LogP contribution in [0.4, 0.5) is 5.69 Å². The van der Waals surface area contributed by atoms with Crippen molar-refractivity contribution in [3.63, 3.8) is 0 Å². The first-order valence-corrected chi connectivity index (χ1v) is 7.41. The lowest BCUT2D eigenvalue weighted by Crippen LogP contribution is -2.23. The zero-order valence-electron chi connectivity index (χ0n) is 10.9. The zero-order chi connectivity index (χ0) is 14.7. The molecule has 8 heteroatoms. The van der Waals surface area contributed by atoms with Crippen molar-refractivity contribution in [2.75, 3.05) is 12.4 Å². The molecule has 2 amide bonds. The van der Waals surface area contributed by atoms with E-state index in [9.17, 15) is 9.59 Å². The van der Waals surface area contributed by atoms with Crippen molar-refractivity contribution >= 4 is 44.8 Å². The Morgan fingerprint density at radius 1 is 1.50 bits per heavy atom. The molecule has 0 radical (unpaired) electrons. The number of likely N-dealkylation sites (N-methyl/N-ethyl adjacent to an activating group) is 1. The maximum atomic E-state index is 12.0. The van der Waals surface area contributed by atoms with E-state index in [1.807, 2.05) is 13.0 Å². The van der Waals surface area contributed by atoms with E-state index in [1.165, 1.54) is 22.2 Å². The van der Waals surface area contributed by atoms with Crippen LogP contribution < -0.4 is 10.6 Å². The van der Waals surface area contributed by atoms with E-state index in [2.05, 4.69) is 31.7 Å². The van der Waals surface area contributed by atoms with Gasteiger partial charge in [-0.1, -0.05) is 0 Å². The molecule has 2 aromatic rings. The van der Waals surface area contributed by atoms with Crippen molar-refractivity contribution in [3.05, 3.63) is 32.7 Å². The fraction of sp³-hybridized carbons (Fsp3) is 0.250. The molecule has 2 N–H and O–H groups in total. The number of amides is 2. The lowest BCUT2D eigenvalue weighted by atomic mass is 10.3. The van der Waals surface area contributed by atoms with Gasteiger partial charge in [-0.3, -0.25) is 14.3 Å². The third-order valence-electron chi connectivity index (χ3n) is 2.56. The number of carbonyl (C=O) groups is 2. The summed E-state index contributed by atoms with van der Waals surface area (Å²) in [4.78, 5) is 23.9. The second-order valence-corrected chi connectivity index (χ2v) is 6.49. The van der Waals surface area contributed by atoms with Crippen LogP contribution in [0.15, 0.2) is 22.2 Å². The zero-order valence-corrected chi connectivity index (χ0v) is 13.3. The van der Waals surface area contributed by atoms with Crippen LogP contribution in [-0.2, 0) is 11.3 Å². The van der Waals surface area contributed by atoms with Gasteiger partial charge in [-0.15, -0.1) is 11.3 Å². The monoisotopic (exact) mass is 356 g/mol. The number of carbonyl (C=O) groups excluding carboxylic acids is 2. The molecule has 0 fully saturated rings. The smallest absolute Gasteiger partial charge is 0.265 e. The van der Waals surface area contributed by atoms with Crippen LogP contribution >= 0.6 is 27.3 Å². The van der Waals surface area contributed by atoms with Crippen LogP contribution in [0.1, 0.15) is 15.2 Å². The van der Waals surface area contributed by atoms with Crippen molar-refractivity contribution in [2.45, 2.75) is 13.5 Å². The number of anilines is 1. The molecule has 2 aromatic heterocycles. The van der Waals surface area contributed by atoms with E-state index in [-0.39, 0.29) is 18.4 Å². The Morgan fingerprint density at radius 3 is 2.85 bits per heavy atom. The summed E-state index contributed by atoms with van der Waals surface area (Å²) in [6.45, 7) is 2.05. The molecule has 0 aliphatic carbocycles. The first-order chi connectivity index (χ1) is 9.49. The van der Waals surface area contributed by atoms with Crippen LogP contribution in [0.25, 0.3) is 0 Å². The lowest BCUT2D eigenvalue weighted by molar-refractivity contribution is -0.121. The highest BCUT2D eigenvalue weighted by Gasteiger charge is 2.12. The number of hydrogen-bond acceptors (Lipinski definition) is 4. The summed E-state index contributed by atoms with van der Waals surface area (Å²) in [6, 6.07) is 1.82. The summed E-state index contributed by atoms with van der Waals surface area (Å²) in [5.74, 6) is -0.341. The number of thiophene rings is 1. The normalized spacial score (nSPS) is 10.3. The Kier molecular flexibility index (Phi) is 4.56. The predicted octanol–water partition coefficient (Wildman–Crippen LogP) is 2.01. The highest BCUT2D eigenvalue weighted by Crippen LogP contribution is 2.27. The summed E-state index contributed by atoms with van der Waals surface area (Å²) in [5, 5.41) is 9.26. The molecule has 6 nitrogen and oxygen atoms in total. The van der Waals surface area contributed by atoms with Crippen LogP contribution in [-0.4, -0.2) is 28.6 Å². The molecule has 0 saturated heterocycles. The second-order valence-electron chi connectivity index (χ2n) is 4.12. The second kappa shape index (κ2) is 6.19. The SMILES string of the molecule is CNC(=O)Cn1cc(NC(=O)c2cc(C)c(Br)s2)cn1. The van der Waals surface area contributed by atoms with Crippen molar-refractivity contribution in [2.24, 2.45) is 0 Å². The summed E-state index contributed by atoms with van der Waals surface area (Å²) < 4.78 is 2.40. The molecular weight excluding hydrogens is 344 g/mol. The van der Waals surface area contributed by atoms with Crippen molar-refractivity contribution in [3.8, 4) is 0 Å². The van der Waals surface area contributed by atoms with E-state index in [4.69, 9.17) is 0 Å². The maximum absolute atomic E-state index is 12.0. The molecular formula is C12H13BrN4O2S. The lowest BCUT2D eigenvalue weighted by Gasteiger charge is -2.00. The maximum Gasteiger partial charge on any atom is 0.265 e. The Labute approximate surface area is 128 Å². The molecule has 106 valence electrons. The largest absolute Gasteiger partial charge is 0.358 e. The summed E-state index contributed by atoms with van der Waals surface area (Å²) in [5.41, 5.74) is 1.58. The standard InChI is InChI=1S/C12H13BrN4O2S/c1-7-3-9(20-11(7)13)12(19)16-8-4-15-17(5-8)6-10(18)14-2/h3-5H,6H2,1-2H3,(H,14,18)(H,16,19). The van der Waals surface area contributed by atoms with Crippen LogP contribution in [0.3, 0.4) is 0 Å². The van der Waals surface area contributed by atoms with Crippen molar-refractivity contribution in [1.82, 2.24) is 15.1 Å². The molecule has 0 spiro atoms. The molecule has 2 heterocycles. The number of nitrogens with one attached hydrogen (secondary N) is 2. The Morgan fingerprint density at radius 2 is 2.25 bits per heavy atom. The molecule has 20 heavy (non-hydrogen) atoms. The van der Waals surface area contributed by atoms with Gasteiger partial charge in [0, 0.05) is 13.2 Å². The van der Waals surface area contributed by atoms with Gasteiger partial charge in [0.2, 0.25) is 5.91 Å². The number of aryl methyl sites for hydroxylation is 1. The average Bonchev–Trinajstić information content (AvgIpc) is 2.97. The summed E-state index contributed by atoms with van der Waals surface area (Å²) >= 11 is 4.76. The van der Waals surface area contributed by atoms with Gasteiger partial charge in [0.15, 0.2) is 0 Å². The van der Waals surface area contributed by atoms with Gasteiger partial charge >= 0.3 is 0 Å². The Balaban J connectivity index is 2.03. The molecule has 0 aliphatic rings. The molecule has 0 bridgehead atoms. The third-order valence-corrected chi connectivity index (χ3v) is 4.69. The topological polar surface area (TPSA) is 76.0 Å². The number of halogens is 1. The minimum atomic E-state index is -0.191. The van der Waals surface area contributed by atoms with E-state index >= 15 is 0 Å². The predicted molar refractivity (Wildman–Crippen MR) is 81.0 cm³/mol. The third kappa shape index (κ3) is 3.45. The van der Waals surface area contributed by atoms with Crippen molar-refractivity contribution < 1.29 is 9.59 Å². The Bertz CT molecular complexity index is 630. The Hall–Kier alpha value is -1.67. The first-order valence-electron chi connectivity index (χ1n) is 5.80. The van der Waals surface area contributed by atoms with Gasteiger partial charge in [0.05, 0.1) is 20.5 Å². The van der Waals surface area contributed by atoms with Crippen LogP contribution in [0.5, 0.6) is 0 Å². The van der Waals surface area contributed by atoms with Crippen LogP contribution in [0.2, 0.25) is 0 Å². The number of nitrogens with zero attached hydrogens (tertiary/aromatic N) is 2. The average molecular weight is 357 g/mol. The van der Waals surface area contributed by atoms with E-state index < -0.39 is 0 Å². The number of hydrogen-bond donors (Lipinski definition) is 2. The molecule has 0 unspecified atom stereocenters. The van der Waals surface area contributed by atoms with Gasteiger partial charge in [0.1, 0.15) is 6.54 Å². The highest BCUT2D eigenvalue weighted by atomic mass is 79.9. The number of rotatable bonds is 4. The van der Waals surface area contributed by atoms with E-state index in [0.29, 0.717) is 10.6 Å².